The summed E-state index contributed by atoms with van der Waals surface area (Å²) in [5.41, 5.74) is 0.534. The Labute approximate surface area is 105 Å². The highest BCUT2D eigenvalue weighted by atomic mass is 16.6. The largest absolute Gasteiger partial charge is 0.497 e. The Morgan fingerprint density at radius 3 is 2.33 bits per heavy atom. The van der Waals surface area contributed by atoms with E-state index in [1.807, 2.05) is 0 Å². The summed E-state index contributed by atoms with van der Waals surface area (Å²) in [6.45, 7) is 1.41. The fourth-order valence-corrected chi connectivity index (χ4v) is 1.47. The number of benzene rings is 1. The van der Waals surface area contributed by atoms with Gasteiger partial charge in [0, 0.05) is 24.6 Å². The van der Waals surface area contributed by atoms with Gasteiger partial charge in [0.1, 0.15) is 5.75 Å². The molecule has 0 unspecified atom stereocenters. The maximum atomic E-state index is 10.6. The SMILES string of the molecule is COc1cc(C=C(C)[N+](=O)[O-])c(OC)c(OC)c1. The van der Waals surface area contributed by atoms with Crippen molar-refractivity contribution in [3.63, 3.8) is 0 Å². The molecule has 1 aromatic carbocycles. The highest BCUT2D eigenvalue weighted by Crippen LogP contribution is 2.36. The third-order valence-electron chi connectivity index (χ3n) is 2.37. The lowest BCUT2D eigenvalue weighted by Crippen LogP contribution is -1.97. The fraction of sp³-hybridized carbons (Fsp3) is 0.333. The average molecular weight is 253 g/mol. The Morgan fingerprint density at radius 2 is 1.89 bits per heavy atom. The average Bonchev–Trinajstić information content (AvgIpc) is 2.37. The minimum absolute atomic E-state index is 0.00334. The first-order valence-electron chi connectivity index (χ1n) is 5.16. The number of nitro groups is 1. The Balaban J connectivity index is 3.40. The molecule has 1 rings (SSSR count). The van der Waals surface area contributed by atoms with E-state index in [1.54, 1.807) is 12.1 Å². The minimum atomic E-state index is -0.467. The van der Waals surface area contributed by atoms with Crippen molar-refractivity contribution in [1.29, 1.82) is 0 Å². The second-order valence-corrected chi connectivity index (χ2v) is 3.49. The van der Waals surface area contributed by atoms with Crippen LogP contribution in [0.15, 0.2) is 17.8 Å². The maximum Gasteiger partial charge on any atom is 0.243 e. The van der Waals surface area contributed by atoms with E-state index in [0.717, 1.165) is 0 Å². The summed E-state index contributed by atoms with van der Waals surface area (Å²) in [4.78, 5) is 10.2. The number of methoxy groups -OCH3 is 3. The van der Waals surface area contributed by atoms with Crippen LogP contribution in [0.4, 0.5) is 0 Å². The molecule has 0 N–H and O–H groups in total. The van der Waals surface area contributed by atoms with E-state index in [9.17, 15) is 10.1 Å². The summed E-state index contributed by atoms with van der Waals surface area (Å²) < 4.78 is 15.5. The first kappa shape index (κ1) is 13.8. The zero-order valence-electron chi connectivity index (χ0n) is 10.7. The summed E-state index contributed by atoms with van der Waals surface area (Å²) in [5.74, 6) is 1.42. The van der Waals surface area contributed by atoms with Gasteiger partial charge in [-0.05, 0) is 6.07 Å². The first-order chi connectivity index (χ1) is 8.53. The Kier molecular flexibility index (Phi) is 4.53. The molecule has 0 heterocycles. The van der Waals surface area contributed by atoms with Crippen LogP contribution < -0.4 is 14.2 Å². The Morgan fingerprint density at radius 1 is 1.22 bits per heavy atom. The van der Waals surface area contributed by atoms with Crippen molar-refractivity contribution in [3.8, 4) is 17.2 Å². The summed E-state index contributed by atoms with van der Waals surface area (Å²) in [7, 11) is 4.48. The molecule has 1 aromatic rings. The van der Waals surface area contributed by atoms with Crippen molar-refractivity contribution < 1.29 is 19.1 Å². The van der Waals surface area contributed by atoms with Crippen LogP contribution >= 0.6 is 0 Å². The van der Waals surface area contributed by atoms with Crippen LogP contribution in [0.25, 0.3) is 6.08 Å². The van der Waals surface area contributed by atoms with E-state index < -0.39 is 4.92 Å². The van der Waals surface area contributed by atoms with E-state index in [-0.39, 0.29) is 5.70 Å². The third kappa shape index (κ3) is 2.91. The molecule has 0 bridgehead atoms. The normalized spacial score (nSPS) is 11.0. The molecule has 6 heteroatoms. The van der Waals surface area contributed by atoms with Crippen LogP contribution in [0.1, 0.15) is 12.5 Å². The van der Waals surface area contributed by atoms with Crippen molar-refractivity contribution in [2.45, 2.75) is 6.92 Å². The standard InChI is InChI=1S/C12H15NO5/c1-8(13(14)15)5-9-6-10(16-2)7-11(17-3)12(9)18-4/h5-7H,1-4H3. The molecule has 0 atom stereocenters. The molecule has 6 nitrogen and oxygen atoms in total. The number of rotatable bonds is 5. The molecule has 0 saturated carbocycles. The van der Waals surface area contributed by atoms with E-state index in [0.29, 0.717) is 22.8 Å². The number of hydrogen-bond acceptors (Lipinski definition) is 5. The monoisotopic (exact) mass is 253 g/mol. The summed E-state index contributed by atoms with van der Waals surface area (Å²) in [5, 5.41) is 10.6. The van der Waals surface area contributed by atoms with Gasteiger partial charge in [-0.3, -0.25) is 10.1 Å². The lowest BCUT2D eigenvalue weighted by atomic mass is 10.1. The van der Waals surface area contributed by atoms with E-state index in [1.165, 1.54) is 34.3 Å². The van der Waals surface area contributed by atoms with Gasteiger partial charge in [-0.2, -0.15) is 0 Å². The molecule has 0 amide bonds. The molecule has 0 saturated heterocycles. The zero-order valence-corrected chi connectivity index (χ0v) is 10.7. The third-order valence-corrected chi connectivity index (χ3v) is 2.37. The van der Waals surface area contributed by atoms with Gasteiger partial charge >= 0.3 is 0 Å². The lowest BCUT2D eigenvalue weighted by Gasteiger charge is -2.12. The number of nitrogens with zero attached hydrogens (tertiary/aromatic N) is 1. The number of ether oxygens (including phenoxy) is 3. The first-order valence-corrected chi connectivity index (χ1v) is 5.16. The van der Waals surface area contributed by atoms with Crippen LogP contribution in [-0.2, 0) is 0 Å². The topological polar surface area (TPSA) is 70.8 Å². The van der Waals surface area contributed by atoms with Gasteiger partial charge in [0.25, 0.3) is 0 Å². The smallest absolute Gasteiger partial charge is 0.243 e. The van der Waals surface area contributed by atoms with Crippen molar-refractivity contribution in [3.05, 3.63) is 33.5 Å². The molecule has 0 aliphatic carbocycles. The number of allylic oxidation sites excluding steroid dienone is 1. The second kappa shape index (κ2) is 5.90. The molecule has 0 aliphatic rings. The molecule has 0 aliphatic heterocycles. The number of hydrogen-bond donors (Lipinski definition) is 0. The van der Waals surface area contributed by atoms with Crippen molar-refractivity contribution >= 4 is 6.08 Å². The van der Waals surface area contributed by atoms with Gasteiger partial charge in [-0.15, -0.1) is 0 Å². The van der Waals surface area contributed by atoms with Gasteiger partial charge in [0.05, 0.1) is 26.3 Å². The predicted octanol–water partition coefficient (Wildman–Crippen LogP) is 2.35. The summed E-state index contributed by atoms with van der Waals surface area (Å²) in [6, 6.07) is 3.30. The molecule has 0 radical (unpaired) electrons. The molecular weight excluding hydrogens is 238 g/mol. The van der Waals surface area contributed by atoms with Crippen LogP contribution in [0.2, 0.25) is 0 Å². The molecule has 18 heavy (non-hydrogen) atoms. The van der Waals surface area contributed by atoms with Crippen LogP contribution in [0.3, 0.4) is 0 Å². The van der Waals surface area contributed by atoms with Crippen molar-refractivity contribution in [2.75, 3.05) is 21.3 Å². The molecule has 0 fully saturated rings. The Hall–Kier alpha value is -2.24. The van der Waals surface area contributed by atoms with E-state index in [2.05, 4.69) is 0 Å². The van der Waals surface area contributed by atoms with Gasteiger partial charge in [-0.1, -0.05) is 0 Å². The second-order valence-electron chi connectivity index (χ2n) is 3.49. The van der Waals surface area contributed by atoms with Gasteiger partial charge in [-0.25, -0.2) is 0 Å². The highest BCUT2D eigenvalue weighted by molar-refractivity contribution is 5.65. The highest BCUT2D eigenvalue weighted by Gasteiger charge is 2.14. The van der Waals surface area contributed by atoms with E-state index >= 15 is 0 Å². The molecular formula is C12H15NO5. The van der Waals surface area contributed by atoms with Gasteiger partial charge < -0.3 is 14.2 Å². The maximum absolute atomic E-state index is 10.6. The van der Waals surface area contributed by atoms with Crippen molar-refractivity contribution in [1.82, 2.24) is 0 Å². The van der Waals surface area contributed by atoms with Crippen LogP contribution in [0.5, 0.6) is 17.2 Å². The van der Waals surface area contributed by atoms with Crippen LogP contribution in [-0.4, -0.2) is 26.3 Å². The fourth-order valence-electron chi connectivity index (χ4n) is 1.47. The van der Waals surface area contributed by atoms with Crippen molar-refractivity contribution in [2.24, 2.45) is 0 Å². The van der Waals surface area contributed by atoms with E-state index in [4.69, 9.17) is 14.2 Å². The summed E-state index contributed by atoms with van der Waals surface area (Å²) in [6.07, 6.45) is 1.41. The lowest BCUT2D eigenvalue weighted by molar-refractivity contribution is -0.422. The predicted molar refractivity (Wildman–Crippen MR) is 66.7 cm³/mol. The van der Waals surface area contributed by atoms with Gasteiger partial charge in [0.15, 0.2) is 11.5 Å². The molecule has 0 aromatic heterocycles. The minimum Gasteiger partial charge on any atom is -0.497 e. The zero-order chi connectivity index (χ0) is 13.7. The van der Waals surface area contributed by atoms with Gasteiger partial charge in [0.2, 0.25) is 5.70 Å². The summed E-state index contributed by atoms with van der Waals surface area (Å²) >= 11 is 0. The molecule has 98 valence electrons. The van der Waals surface area contributed by atoms with Crippen LogP contribution in [0, 0.1) is 10.1 Å². The quantitative estimate of drug-likeness (QED) is 0.595. The Bertz CT molecular complexity index is 482. The molecule has 0 spiro atoms.